The van der Waals surface area contributed by atoms with E-state index < -0.39 is 0 Å². The molecule has 0 radical (unpaired) electrons. The van der Waals surface area contributed by atoms with Crippen LogP contribution in [0.4, 0.5) is 0 Å². The van der Waals surface area contributed by atoms with Crippen LogP contribution in [0.1, 0.15) is 32.6 Å². The highest BCUT2D eigenvalue weighted by Gasteiger charge is 2.37. The molecule has 0 aromatic heterocycles. The molecule has 1 N–H and O–H groups in total. The lowest BCUT2D eigenvalue weighted by Gasteiger charge is -2.39. The molecule has 3 saturated heterocycles. The van der Waals surface area contributed by atoms with E-state index in [2.05, 4.69) is 10.2 Å². The Morgan fingerprint density at radius 3 is 3.05 bits per heavy atom. The Balaban J connectivity index is 1.58. The van der Waals surface area contributed by atoms with Crippen molar-refractivity contribution in [3.8, 4) is 0 Å². The Hall–Kier alpha value is -1.14. The molecular weight excluding hydrogens is 270 g/mol. The van der Waals surface area contributed by atoms with Gasteiger partial charge in [-0.25, -0.2) is 0 Å². The molecule has 0 bridgehead atoms. The van der Waals surface area contributed by atoms with Gasteiger partial charge in [0.2, 0.25) is 11.8 Å². The van der Waals surface area contributed by atoms with Crippen molar-refractivity contribution in [2.24, 2.45) is 0 Å². The van der Waals surface area contributed by atoms with E-state index in [9.17, 15) is 9.59 Å². The maximum Gasteiger partial charge on any atom is 0.245 e. The zero-order valence-electron chi connectivity index (χ0n) is 12.7. The Morgan fingerprint density at radius 2 is 2.24 bits per heavy atom. The number of amides is 2. The van der Waals surface area contributed by atoms with Crippen molar-refractivity contribution < 1.29 is 14.3 Å². The van der Waals surface area contributed by atoms with Crippen LogP contribution in [-0.4, -0.2) is 72.6 Å². The van der Waals surface area contributed by atoms with Crippen LogP contribution in [0, 0.1) is 0 Å². The molecule has 118 valence electrons. The van der Waals surface area contributed by atoms with E-state index in [1.165, 1.54) is 12.8 Å². The second-order valence-electron chi connectivity index (χ2n) is 6.37. The van der Waals surface area contributed by atoms with Crippen molar-refractivity contribution >= 4 is 11.8 Å². The number of nitrogens with zero attached hydrogens (tertiary/aromatic N) is 2. The first-order chi connectivity index (χ1) is 10.2. The fourth-order valence-electron chi connectivity index (χ4n) is 3.65. The van der Waals surface area contributed by atoms with Gasteiger partial charge in [0, 0.05) is 19.1 Å². The van der Waals surface area contributed by atoms with Gasteiger partial charge in [-0.2, -0.15) is 0 Å². The van der Waals surface area contributed by atoms with Gasteiger partial charge in [-0.3, -0.25) is 14.5 Å². The standard InChI is InChI=1S/C15H25N3O3/c1-2-4-13-15(20)18(9-14(19)16-13)8-12-7-17-6-3-5-11(17)10-21-12/h11-13H,2-10H2,1H3,(H,16,19). The number of piperazine rings is 1. The smallest absolute Gasteiger partial charge is 0.245 e. The molecule has 3 fully saturated rings. The first-order valence-corrected chi connectivity index (χ1v) is 8.11. The number of rotatable bonds is 4. The van der Waals surface area contributed by atoms with Gasteiger partial charge in [0.15, 0.2) is 0 Å². The first kappa shape index (κ1) is 14.8. The van der Waals surface area contributed by atoms with Crippen LogP contribution in [0.2, 0.25) is 0 Å². The molecule has 3 unspecified atom stereocenters. The summed E-state index contributed by atoms with van der Waals surface area (Å²) in [5.41, 5.74) is 0. The molecule has 3 heterocycles. The van der Waals surface area contributed by atoms with Gasteiger partial charge in [-0.15, -0.1) is 0 Å². The third-order valence-corrected chi connectivity index (χ3v) is 4.74. The third kappa shape index (κ3) is 3.21. The van der Waals surface area contributed by atoms with Crippen molar-refractivity contribution in [2.45, 2.75) is 50.8 Å². The lowest BCUT2D eigenvalue weighted by molar-refractivity contribution is -0.148. The monoisotopic (exact) mass is 295 g/mol. The van der Waals surface area contributed by atoms with Crippen LogP contribution in [0.15, 0.2) is 0 Å². The van der Waals surface area contributed by atoms with Crippen LogP contribution >= 0.6 is 0 Å². The summed E-state index contributed by atoms with van der Waals surface area (Å²) in [5.74, 6) is -0.00787. The molecule has 0 saturated carbocycles. The van der Waals surface area contributed by atoms with E-state index in [-0.39, 0.29) is 30.5 Å². The lowest BCUT2D eigenvalue weighted by atomic mass is 10.1. The molecule has 0 aliphatic carbocycles. The third-order valence-electron chi connectivity index (χ3n) is 4.74. The fourth-order valence-corrected chi connectivity index (χ4v) is 3.65. The quantitative estimate of drug-likeness (QED) is 0.791. The van der Waals surface area contributed by atoms with Crippen LogP contribution < -0.4 is 5.32 Å². The second-order valence-corrected chi connectivity index (χ2v) is 6.37. The number of ether oxygens (including phenoxy) is 1. The zero-order valence-corrected chi connectivity index (χ0v) is 12.7. The number of morpholine rings is 1. The van der Waals surface area contributed by atoms with Crippen molar-refractivity contribution in [1.29, 1.82) is 0 Å². The van der Waals surface area contributed by atoms with Crippen molar-refractivity contribution in [1.82, 2.24) is 15.1 Å². The molecule has 0 spiro atoms. The minimum Gasteiger partial charge on any atom is -0.373 e. The lowest BCUT2D eigenvalue weighted by Crippen LogP contribution is -2.60. The molecule has 6 heteroatoms. The number of hydrogen-bond donors (Lipinski definition) is 1. The maximum absolute atomic E-state index is 12.4. The Labute approximate surface area is 125 Å². The molecule has 21 heavy (non-hydrogen) atoms. The number of carbonyl (C=O) groups is 2. The maximum atomic E-state index is 12.4. The van der Waals surface area contributed by atoms with Crippen molar-refractivity contribution in [3.05, 3.63) is 0 Å². The van der Waals surface area contributed by atoms with Gasteiger partial charge < -0.3 is 15.0 Å². The number of nitrogens with one attached hydrogen (secondary N) is 1. The van der Waals surface area contributed by atoms with E-state index in [1.54, 1.807) is 4.90 Å². The van der Waals surface area contributed by atoms with Crippen LogP contribution in [0.3, 0.4) is 0 Å². The number of fused-ring (bicyclic) bond motifs is 1. The molecule has 3 aliphatic rings. The average Bonchev–Trinajstić information content (AvgIpc) is 2.91. The topological polar surface area (TPSA) is 61.9 Å². The minimum absolute atomic E-state index is 0.0384. The average molecular weight is 295 g/mol. The summed E-state index contributed by atoms with van der Waals surface area (Å²) in [4.78, 5) is 28.3. The molecule has 3 aliphatic heterocycles. The van der Waals surface area contributed by atoms with Gasteiger partial charge in [-0.05, 0) is 25.8 Å². The summed E-state index contributed by atoms with van der Waals surface area (Å²) in [6, 6.07) is 0.217. The van der Waals surface area contributed by atoms with E-state index in [0.29, 0.717) is 19.0 Å². The molecule has 3 atom stereocenters. The zero-order chi connectivity index (χ0) is 14.8. The Bertz CT molecular complexity index is 415. The van der Waals surface area contributed by atoms with Crippen molar-refractivity contribution in [3.63, 3.8) is 0 Å². The number of carbonyl (C=O) groups excluding carboxylic acids is 2. The van der Waals surface area contributed by atoms with Gasteiger partial charge in [0.25, 0.3) is 0 Å². The highest BCUT2D eigenvalue weighted by molar-refractivity contribution is 5.94. The van der Waals surface area contributed by atoms with Gasteiger partial charge in [0.1, 0.15) is 6.04 Å². The van der Waals surface area contributed by atoms with Crippen LogP contribution in [-0.2, 0) is 14.3 Å². The molecule has 6 nitrogen and oxygen atoms in total. The second kappa shape index (κ2) is 6.32. The summed E-state index contributed by atoms with van der Waals surface area (Å²) in [6.07, 6.45) is 4.10. The highest BCUT2D eigenvalue weighted by atomic mass is 16.5. The van der Waals surface area contributed by atoms with E-state index >= 15 is 0 Å². The summed E-state index contributed by atoms with van der Waals surface area (Å²) < 4.78 is 5.91. The van der Waals surface area contributed by atoms with Crippen LogP contribution in [0.25, 0.3) is 0 Å². The molecule has 0 aromatic rings. The van der Waals surface area contributed by atoms with Gasteiger partial charge in [-0.1, -0.05) is 13.3 Å². The van der Waals surface area contributed by atoms with E-state index in [4.69, 9.17) is 4.74 Å². The SMILES string of the molecule is CCCC1NC(=O)CN(CC2CN3CCCC3CO2)C1=O. The van der Waals surface area contributed by atoms with Gasteiger partial charge >= 0.3 is 0 Å². The predicted octanol–water partition coefficient (Wildman–Crippen LogP) is -0.0233. The summed E-state index contributed by atoms with van der Waals surface area (Å²) in [7, 11) is 0. The first-order valence-electron chi connectivity index (χ1n) is 8.11. The number of hydrogen-bond acceptors (Lipinski definition) is 4. The molecular formula is C15H25N3O3. The van der Waals surface area contributed by atoms with Crippen LogP contribution in [0.5, 0.6) is 0 Å². The Kier molecular flexibility index (Phi) is 4.45. The summed E-state index contributed by atoms with van der Waals surface area (Å²) in [5, 5.41) is 2.79. The minimum atomic E-state index is -0.348. The van der Waals surface area contributed by atoms with Crippen molar-refractivity contribution in [2.75, 3.05) is 32.8 Å². The summed E-state index contributed by atoms with van der Waals surface area (Å²) in [6.45, 7) is 5.51. The predicted molar refractivity (Wildman–Crippen MR) is 77.8 cm³/mol. The van der Waals surface area contributed by atoms with E-state index in [1.807, 2.05) is 6.92 Å². The Morgan fingerprint density at radius 1 is 1.38 bits per heavy atom. The van der Waals surface area contributed by atoms with E-state index in [0.717, 1.165) is 26.1 Å². The van der Waals surface area contributed by atoms with Gasteiger partial charge in [0.05, 0.1) is 19.3 Å². The normalized spacial score (nSPS) is 34.0. The molecule has 2 amide bonds. The largest absolute Gasteiger partial charge is 0.373 e. The fraction of sp³-hybridized carbons (Fsp3) is 0.867. The molecule has 0 aromatic carbocycles. The highest BCUT2D eigenvalue weighted by Crippen LogP contribution is 2.23. The molecule has 3 rings (SSSR count). The summed E-state index contributed by atoms with van der Waals surface area (Å²) >= 11 is 0.